The van der Waals surface area contributed by atoms with Gasteiger partial charge in [-0.25, -0.2) is 0 Å². The van der Waals surface area contributed by atoms with E-state index >= 15 is 0 Å². The molecule has 1 saturated carbocycles. The summed E-state index contributed by atoms with van der Waals surface area (Å²) in [7, 11) is 0. The number of ether oxygens (including phenoxy) is 2. The summed E-state index contributed by atoms with van der Waals surface area (Å²) in [6.07, 6.45) is 11.9. The lowest BCUT2D eigenvalue weighted by Gasteiger charge is -2.53. The molecule has 1 aliphatic carbocycles. The van der Waals surface area contributed by atoms with Crippen molar-refractivity contribution in [3.63, 3.8) is 0 Å². The Hall–Kier alpha value is -0.970. The van der Waals surface area contributed by atoms with E-state index in [1.165, 1.54) is 45.1 Å². The lowest BCUT2D eigenvalue weighted by molar-refractivity contribution is -0.162. The highest BCUT2D eigenvalue weighted by Gasteiger charge is 2.47. The largest absolute Gasteiger partial charge is 0.377 e. The monoisotopic (exact) mass is 316 g/mol. The van der Waals surface area contributed by atoms with Crippen LogP contribution in [0.5, 0.6) is 0 Å². The molecule has 3 heterocycles. The molecule has 1 aromatic heterocycles. The number of piperidine rings is 1. The van der Waals surface area contributed by atoms with Crippen LogP contribution in [0.25, 0.3) is 0 Å². The van der Waals surface area contributed by atoms with Crippen LogP contribution >= 0.6 is 0 Å². The van der Waals surface area contributed by atoms with Crippen molar-refractivity contribution in [2.75, 3.05) is 26.3 Å². The summed E-state index contributed by atoms with van der Waals surface area (Å²) < 4.78 is 12.3. The van der Waals surface area contributed by atoms with Crippen LogP contribution < -0.4 is 0 Å². The summed E-state index contributed by atoms with van der Waals surface area (Å²) in [5.41, 5.74) is 1.36. The van der Waals surface area contributed by atoms with Crippen LogP contribution in [0.2, 0.25) is 0 Å². The van der Waals surface area contributed by atoms with Crippen molar-refractivity contribution in [3.8, 4) is 0 Å². The highest BCUT2D eigenvalue weighted by atomic mass is 16.5. The van der Waals surface area contributed by atoms with E-state index in [1.807, 2.05) is 18.5 Å². The summed E-state index contributed by atoms with van der Waals surface area (Å²) in [4.78, 5) is 6.90. The minimum absolute atomic E-state index is 0.203. The van der Waals surface area contributed by atoms with E-state index < -0.39 is 0 Å². The van der Waals surface area contributed by atoms with Gasteiger partial charge >= 0.3 is 0 Å². The Balaban J connectivity index is 1.40. The quantitative estimate of drug-likeness (QED) is 0.836. The third kappa shape index (κ3) is 3.30. The maximum Gasteiger partial charge on any atom is 0.0732 e. The summed E-state index contributed by atoms with van der Waals surface area (Å²) in [5.74, 6) is 0. The molecular weight excluding hydrogens is 288 g/mol. The first kappa shape index (κ1) is 15.6. The Morgan fingerprint density at radius 2 is 2.26 bits per heavy atom. The fourth-order valence-corrected chi connectivity index (χ4v) is 4.45. The number of fused-ring (bicyclic) bond motifs is 1. The molecule has 0 amide bonds. The summed E-state index contributed by atoms with van der Waals surface area (Å²) in [5, 5.41) is 0. The average molecular weight is 316 g/mol. The normalized spacial score (nSPS) is 32.3. The van der Waals surface area contributed by atoms with Crippen LogP contribution in [-0.4, -0.2) is 48.3 Å². The Morgan fingerprint density at radius 1 is 1.30 bits per heavy atom. The van der Waals surface area contributed by atoms with Crippen molar-refractivity contribution in [2.24, 2.45) is 5.41 Å². The minimum atomic E-state index is 0.203. The molecule has 1 aromatic rings. The van der Waals surface area contributed by atoms with Crippen molar-refractivity contribution in [1.29, 1.82) is 0 Å². The van der Waals surface area contributed by atoms with Gasteiger partial charge in [0.15, 0.2) is 0 Å². The number of aromatic nitrogens is 1. The number of rotatable bonds is 5. The lowest BCUT2D eigenvalue weighted by atomic mass is 9.72. The van der Waals surface area contributed by atoms with E-state index in [4.69, 9.17) is 9.47 Å². The number of hydrogen-bond acceptors (Lipinski definition) is 4. The third-order valence-corrected chi connectivity index (χ3v) is 5.99. The van der Waals surface area contributed by atoms with E-state index in [9.17, 15) is 0 Å². The molecule has 126 valence electrons. The zero-order chi connectivity index (χ0) is 15.5. The SMILES string of the molecule is c1cncc(COC[C@@]23CCCO[C@@H]2CCN(C2CCC2)C3)c1. The molecule has 2 atom stereocenters. The maximum absolute atomic E-state index is 6.15. The third-order valence-electron chi connectivity index (χ3n) is 5.99. The van der Waals surface area contributed by atoms with Crippen LogP contribution in [0, 0.1) is 5.41 Å². The number of likely N-dealkylation sites (tertiary alicyclic amines) is 1. The van der Waals surface area contributed by atoms with Gasteiger partial charge < -0.3 is 9.47 Å². The van der Waals surface area contributed by atoms with Gasteiger partial charge in [-0.1, -0.05) is 12.5 Å². The van der Waals surface area contributed by atoms with Gasteiger partial charge in [0.1, 0.15) is 0 Å². The molecule has 0 N–H and O–H groups in total. The predicted octanol–water partition coefficient (Wildman–Crippen LogP) is 3.02. The molecule has 4 rings (SSSR count). The van der Waals surface area contributed by atoms with Crippen molar-refractivity contribution in [3.05, 3.63) is 30.1 Å². The summed E-state index contributed by atoms with van der Waals surface area (Å²) in [6, 6.07) is 4.89. The molecule has 0 unspecified atom stereocenters. The number of pyridine rings is 1. The first-order valence-electron chi connectivity index (χ1n) is 9.18. The molecule has 23 heavy (non-hydrogen) atoms. The summed E-state index contributed by atoms with van der Waals surface area (Å²) >= 11 is 0. The highest BCUT2D eigenvalue weighted by Crippen LogP contribution is 2.42. The Morgan fingerprint density at radius 3 is 3.04 bits per heavy atom. The predicted molar refractivity (Wildman–Crippen MR) is 89.1 cm³/mol. The van der Waals surface area contributed by atoms with Crippen molar-refractivity contribution in [2.45, 2.75) is 57.3 Å². The van der Waals surface area contributed by atoms with E-state index in [1.54, 1.807) is 0 Å². The fourth-order valence-electron chi connectivity index (χ4n) is 4.45. The molecule has 0 aromatic carbocycles. The first-order chi connectivity index (χ1) is 11.4. The van der Waals surface area contributed by atoms with Gasteiger partial charge in [-0.15, -0.1) is 0 Å². The van der Waals surface area contributed by atoms with Gasteiger partial charge in [0.05, 0.1) is 19.3 Å². The molecule has 4 heteroatoms. The van der Waals surface area contributed by atoms with Gasteiger partial charge in [0.25, 0.3) is 0 Å². The average Bonchev–Trinajstić information content (AvgIpc) is 2.54. The van der Waals surface area contributed by atoms with Crippen LogP contribution in [0.3, 0.4) is 0 Å². The van der Waals surface area contributed by atoms with E-state index in [0.29, 0.717) is 12.7 Å². The van der Waals surface area contributed by atoms with Gasteiger partial charge in [0.2, 0.25) is 0 Å². The minimum Gasteiger partial charge on any atom is -0.377 e. The van der Waals surface area contributed by atoms with Crippen LogP contribution in [0.1, 0.15) is 44.1 Å². The van der Waals surface area contributed by atoms with Gasteiger partial charge in [0, 0.05) is 43.5 Å². The van der Waals surface area contributed by atoms with Crippen molar-refractivity contribution in [1.82, 2.24) is 9.88 Å². The number of nitrogens with zero attached hydrogens (tertiary/aromatic N) is 2. The molecule has 3 aliphatic rings. The maximum atomic E-state index is 6.15. The molecule has 0 bridgehead atoms. The number of hydrogen-bond donors (Lipinski definition) is 0. The zero-order valence-corrected chi connectivity index (χ0v) is 14.0. The first-order valence-corrected chi connectivity index (χ1v) is 9.18. The highest BCUT2D eigenvalue weighted by molar-refractivity contribution is 5.07. The molecular formula is C19H28N2O2. The second kappa shape index (κ2) is 6.88. The van der Waals surface area contributed by atoms with Crippen LogP contribution in [0.4, 0.5) is 0 Å². The van der Waals surface area contributed by atoms with Gasteiger partial charge in [-0.2, -0.15) is 0 Å². The Labute approximate surface area is 139 Å². The second-order valence-corrected chi connectivity index (χ2v) is 7.52. The van der Waals surface area contributed by atoms with E-state index in [2.05, 4.69) is 16.0 Å². The molecule has 0 spiro atoms. The molecule has 0 radical (unpaired) electrons. The van der Waals surface area contributed by atoms with Crippen molar-refractivity contribution >= 4 is 0 Å². The Bertz CT molecular complexity index is 505. The standard InChI is InChI=1S/C19H28N2O2/c1-5-17(6-1)21-10-7-18-19(14-21,8-3-11-23-18)15-22-13-16-4-2-9-20-12-16/h2,4,9,12,17-18H,1,3,5-8,10-11,13-15H2/t18-,19+/m1/s1. The van der Waals surface area contributed by atoms with Crippen LogP contribution in [-0.2, 0) is 16.1 Å². The van der Waals surface area contributed by atoms with Crippen LogP contribution in [0.15, 0.2) is 24.5 Å². The van der Waals surface area contributed by atoms with Gasteiger partial charge in [-0.05, 0) is 43.7 Å². The summed E-state index contributed by atoms with van der Waals surface area (Å²) in [6.45, 7) is 4.77. The van der Waals surface area contributed by atoms with E-state index in [0.717, 1.165) is 31.4 Å². The molecule has 4 nitrogen and oxygen atoms in total. The molecule has 2 saturated heterocycles. The molecule has 3 fully saturated rings. The fraction of sp³-hybridized carbons (Fsp3) is 0.737. The smallest absolute Gasteiger partial charge is 0.0732 e. The van der Waals surface area contributed by atoms with Crippen molar-refractivity contribution < 1.29 is 9.47 Å². The second-order valence-electron chi connectivity index (χ2n) is 7.52. The van der Waals surface area contributed by atoms with E-state index in [-0.39, 0.29) is 5.41 Å². The Kier molecular flexibility index (Phi) is 4.65. The zero-order valence-electron chi connectivity index (χ0n) is 14.0. The molecule has 2 aliphatic heterocycles. The topological polar surface area (TPSA) is 34.6 Å². The van der Waals surface area contributed by atoms with Gasteiger partial charge in [-0.3, -0.25) is 9.88 Å². The lowest BCUT2D eigenvalue weighted by Crippen LogP contribution is -2.59.